The second-order valence-corrected chi connectivity index (χ2v) is 6.79. The van der Waals surface area contributed by atoms with E-state index in [1.54, 1.807) is 6.20 Å². The predicted molar refractivity (Wildman–Crippen MR) is 86.4 cm³/mol. The highest BCUT2D eigenvalue weighted by Gasteiger charge is 2.24. The van der Waals surface area contributed by atoms with Gasteiger partial charge in [0.15, 0.2) is 5.82 Å². The molecule has 21 heavy (non-hydrogen) atoms. The van der Waals surface area contributed by atoms with Gasteiger partial charge < -0.3 is 16.0 Å². The van der Waals surface area contributed by atoms with Crippen molar-refractivity contribution in [2.75, 3.05) is 23.3 Å². The maximum absolute atomic E-state index is 12.2. The fourth-order valence-corrected chi connectivity index (χ4v) is 2.38. The lowest BCUT2D eigenvalue weighted by molar-refractivity contribution is -0.117. The molecule has 1 atom stereocenters. The molecule has 5 heteroatoms. The number of anilines is 2. The minimum Gasteiger partial charge on any atom is -0.355 e. The molecule has 3 N–H and O–H groups in total. The van der Waals surface area contributed by atoms with E-state index in [2.05, 4.69) is 15.2 Å². The van der Waals surface area contributed by atoms with Crippen molar-refractivity contribution in [1.29, 1.82) is 0 Å². The normalized spacial score (nSPS) is 16.9. The third kappa shape index (κ3) is 4.17. The van der Waals surface area contributed by atoms with Crippen LogP contribution in [0.2, 0.25) is 0 Å². The van der Waals surface area contributed by atoms with Crippen molar-refractivity contribution in [3.63, 3.8) is 0 Å². The lowest BCUT2D eigenvalue weighted by atomic mass is 9.85. The Labute approximate surface area is 126 Å². The number of amides is 1. The fraction of sp³-hybridized carbons (Fsp3) is 0.625. The Hall–Kier alpha value is -1.62. The summed E-state index contributed by atoms with van der Waals surface area (Å²) in [5.41, 5.74) is 6.78. The smallest absolute Gasteiger partial charge is 0.226 e. The molecule has 1 aromatic heterocycles. The number of nitrogens with zero attached hydrogens (tertiary/aromatic N) is 2. The van der Waals surface area contributed by atoms with Crippen LogP contribution in [0.5, 0.6) is 0 Å². The monoisotopic (exact) mass is 290 g/mol. The summed E-state index contributed by atoms with van der Waals surface area (Å²) < 4.78 is 0. The van der Waals surface area contributed by atoms with Gasteiger partial charge in [-0.3, -0.25) is 4.79 Å². The average Bonchev–Trinajstić information content (AvgIpc) is 2.91. The van der Waals surface area contributed by atoms with E-state index in [0.29, 0.717) is 6.42 Å². The number of nitrogens with one attached hydrogen (secondary N) is 1. The van der Waals surface area contributed by atoms with Crippen LogP contribution in [-0.4, -0.2) is 30.0 Å². The van der Waals surface area contributed by atoms with Crippen LogP contribution in [-0.2, 0) is 4.79 Å². The van der Waals surface area contributed by atoms with Crippen LogP contribution in [0.25, 0.3) is 0 Å². The van der Waals surface area contributed by atoms with E-state index >= 15 is 0 Å². The first-order chi connectivity index (χ1) is 9.88. The standard InChI is InChI=1S/C16H26N4O/c1-16(2,3)13(17)11-14(21)19-12-7-6-8-18-15(12)20-9-4-5-10-20/h6-8,13H,4-5,9-11,17H2,1-3H3,(H,19,21). The van der Waals surface area contributed by atoms with Crippen LogP contribution in [0.1, 0.15) is 40.0 Å². The topological polar surface area (TPSA) is 71.2 Å². The first-order valence-corrected chi connectivity index (χ1v) is 7.63. The summed E-state index contributed by atoms with van der Waals surface area (Å²) in [6, 6.07) is 3.59. The summed E-state index contributed by atoms with van der Waals surface area (Å²) >= 11 is 0. The van der Waals surface area contributed by atoms with Gasteiger partial charge >= 0.3 is 0 Å². The molecule has 0 aromatic carbocycles. The Kier molecular flexibility index (Phi) is 4.83. The highest BCUT2D eigenvalue weighted by atomic mass is 16.1. The number of rotatable bonds is 4. The Morgan fingerprint density at radius 2 is 2.10 bits per heavy atom. The van der Waals surface area contributed by atoms with Crippen molar-refractivity contribution >= 4 is 17.4 Å². The Morgan fingerprint density at radius 1 is 1.43 bits per heavy atom. The molecule has 1 aliphatic rings. The van der Waals surface area contributed by atoms with Gasteiger partial charge in [0.1, 0.15) is 0 Å². The third-order valence-electron chi connectivity index (χ3n) is 3.98. The number of aromatic nitrogens is 1. The van der Waals surface area contributed by atoms with Gasteiger partial charge in [-0.1, -0.05) is 20.8 Å². The zero-order valence-electron chi connectivity index (χ0n) is 13.2. The first kappa shape index (κ1) is 15.8. The molecule has 0 aliphatic carbocycles. The van der Waals surface area contributed by atoms with E-state index in [1.807, 2.05) is 32.9 Å². The van der Waals surface area contributed by atoms with Crippen molar-refractivity contribution < 1.29 is 4.79 Å². The summed E-state index contributed by atoms with van der Waals surface area (Å²) in [6.45, 7) is 8.14. The molecular formula is C16H26N4O. The fourth-order valence-electron chi connectivity index (χ4n) is 2.38. The van der Waals surface area contributed by atoms with Gasteiger partial charge in [0.25, 0.3) is 0 Å². The number of carbonyl (C=O) groups excluding carboxylic acids is 1. The molecule has 5 nitrogen and oxygen atoms in total. The summed E-state index contributed by atoms with van der Waals surface area (Å²) in [7, 11) is 0. The van der Waals surface area contributed by atoms with Gasteiger partial charge in [-0.25, -0.2) is 4.98 Å². The summed E-state index contributed by atoms with van der Waals surface area (Å²) in [4.78, 5) is 18.8. The predicted octanol–water partition coefficient (Wildman–Crippen LogP) is 2.38. The summed E-state index contributed by atoms with van der Waals surface area (Å²) in [6.07, 6.45) is 4.44. The minimum absolute atomic E-state index is 0.0501. The minimum atomic E-state index is -0.163. The number of hydrogen-bond donors (Lipinski definition) is 2. The molecule has 2 rings (SSSR count). The van der Waals surface area contributed by atoms with E-state index in [9.17, 15) is 4.79 Å². The Balaban J connectivity index is 2.04. The second kappa shape index (κ2) is 6.43. The van der Waals surface area contributed by atoms with Crippen LogP contribution >= 0.6 is 0 Å². The molecule has 0 bridgehead atoms. The molecule has 0 spiro atoms. The molecule has 2 heterocycles. The zero-order chi connectivity index (χ0) is 15.5. The molecule has 1 saturated heterocycles. The summed E-state index contributed by atoms with van der Waals surface area (Å²) in [5.74, 6) is 0.818. The van der Waals surface area contributed by atoms with Crippen molar-refractivity contribution in [2.45, 2.75) is 46.1 Å². The van der Waals surface area contributed by atoms with E-state index < -0.39 is 0 Å². The molecule has 1 aliphatic heterocycles. The zero-order valence-corrected chi connectivity index (χ0v) is 13.2. The first-order valence-electron chi connectivity index (χ1n) is 7.63. The molecule has 1 amide bonds. The second-order valence-electron chi connectivity index (χ2n) is 6.79. The van der Waals surface area contributed by atoms with Gasteiger partial charge in [-0.15, -0.1) is 0 Å². The Bertz CT molecular complexity index is 489. The number of pyridine rings is 1. The van der Waals surface area contributed by atoms with Crippen LogP contribution in [0.4, 0.5) is 11.5 Å². The van der Waals surface area contributed by atoms with Crippen LogP contribution in [0.15, 0.2) is 18.3 Å². The molecule has 116 valence electrons. The van der Waals surface area contributed by atoms with Crippen molar-refractivity contribution in [2.24, 2.45) is 11.1 Å². The molecule has 0 saturated carbocycles. The van der Waals surface area contributed by atoms with Gasteiger partial charge in [-0.2, -0.15) is 0 Å². The molecular weight excluding hydrogens is 264 g/mol. The van der Waals surface area contributed by atoms with Gasteiger partial charge in [-0.05, 0) is 30.4 Å². The maximum atomic E-state index is 12.2. The lowest BCUT2D eigenvalue weighted by Gasteiger charge is -2.26. The average molecular weight is 290 g/mol. The van der Waals surface area contributed by atoms with E-state index in [1.165, 1.54) is 12.8 Å². The highest BCUT2D eigenvalue weighted by molar-refractivity contribution is 5.94. The van der Waals surface area contributed by atoms with Crippen molar-refractivity contribution in [3.8, 4) is 0 Å². The molecule has 1 unspecified atom stereocenters. The van der Waals surface area contributed by atoms with Gasteiger partial charge in [0.05, 0.1) is 5.69 Å². The molecule has 1 aromatic rings. The Morgan fingerprint density at radius 3 is 2.71 bits per heavy atom. The van der Waals surface area contributed by atoms with Crippen LogP contribution in [0.3, 0.4) is 0 Å². The summed E-state index contributed by atoms with van der Waals surface area (Å²) in [5, 5.41) is 2.97. The van der Waals surface area contributed by atoms with Gasteiger partial charge in [0.2, 0.25) is 5.91 Å². The van der Waals surface area contributed by atoms with Crippen LogP contribution in [0, 0.1) is 5.41 Å². The van der Waals surface area contributed by atoms with Crippen molar-refractivity contribution in [3.05, 3.63) is 18.3 Å². The number of nitrogens with two attached hydrogens (primary N) is 1. The van der Waals surface area contributed by atoms with Crippen LogP contribution < -0.4 is 16.0 Å². The lowest BCUT2D eigenvalue weighted by Crippen LogP contribution is -2.38. The van der Waals surface area contributed by atoms with E-state index in [4.69, 9.17) is 5.73 Å². The van der Waals surface area contributed by atoms with Crippen molar-refractivity contribution in [1.82, 2.24) is 4.98 Å². The maximum Gasteiger partial charge on any atom is 0.226 e. The highest BCUT2D eigenvalue weighted by Crippen LogP contribution is 2.27. The van der Waals surface area contributed by atoms with E-state index in [0.717, 1.165) is 24.6 Å². The largest absolute Gasteiger partial charge is 0.355 e. The van der Waals surface area contributed by atoms with E-state index in [-0.39, 0.29) is 17.4 Å². The SMILES string of the molecule is CC(C)(C)C(N)CC(=O)Nc1cccnc1N1CCCC1. The van der Waals surface area contributed by atoms with Gasteiger partial charge in [0, 0.05) is 31.7 Å². The number of carbonyl (C=O) groups is 1. The molecule has 0 radical (unpaired) electrons. The third-order valence-corrected chi connectivity index (χ3v) is 3.98. The molecule has 1 fully saturated rings. The quantitative estimate of drug-likeness (QED) is 0.893. The number of hydrogen-bond acceptors (Lipinski definition) is 4.